The lowest BCUT2D eigenvalue weighted by molar-refractivity contribution is -0.553. The molecule has 0 aromatic carbocycles. The molecule has 0 aromatic heterocycles. The summed E-state index contributed by atoms with van der Waals surface area (Å²) in [5.74, 6) is 0. The van der Waals surface area contributed by atoms with Crippen LogP contribution in [0.5, 0.6) is 0 Å². The molecular weight excluding hydrogens is 94.0 g/mol. The van der Waals surface area contributed by atoms with Crippen LogP contribution in [0.4, 0.5) is 0 Å². The van der Waals surface area contributed by atoms with Crippen LogP contribution in [0.2, 0.25) is 0 Å². The molecule has 0 saturated heterocycles. The third-order valence-electron chi connectivity index (χ3n) is 0.952. The van der Waals surface area contributed by atoms with Crippen molar-refractivity contribution in [1.82, 2.24) is 0 Å². The van der Waals surface area contributed by atoms with Crippen molar-refractivity contribution in [3.63, 3.8) is 0 Å². The van der Waals surface area contributed by atoms with Gasteiger partial charge in [0.2, 0.25) is 5.72 Å². The van der Waals surface area contributed by atoms with Gasteiger partial charge in [-0.15, -0.1) is 0 Å². The average Bonchev–Trinajstić information content (AvgIpc) is 1.68. The monoisotopic (exact) mass is 106 g/mol. The third kappa shape index (κ3) is 2.56. The highest BCUT2D eigenvalue weighted by Crippen LogP contribution is 1.93. The van der Waals surface area contributed by atoms with Crippen LogP contribution >= 0.6 is 0 Å². The van der Waals surface area contributed by atoms with Crippen LogP contribution in [-0.4, -0.2) is 22.5 Å². The molecule has 0 aromatic rings. The summed E-state index contributed by atoms with van der Waals surface area (Å²) in [7, 11) is 0. The van der Waals surface area contributed by atoms with Crippen LogP contribution in [0, 0.1) is 0 Å². The fourth-order valence-electron chi connectivity index (χ4n) is 0.112. The summed E-state index contributed by atoms with van der Waals surface area (Å²) < 4.78 is 0. The highest BCUT2D eigenvalue weighted by atomic mass is 16.3. The first-order valence-electron chi connectivity index (χ1n) is 2.31. The number of hydrogen-bond donors (Lipinski definition) is 3. The topological polar surface area (TPSA) is 68.1 Å². The van der Waals surface area contributed by atoms with Gasteiger partial charge in [0, 0.05) is 6.42 Å². The van der Waals surface area contributed by atoms with Crippen LogP contribution in [0.15, 0.2) is 0 Å². The number of quaternary nitrogens is 1. The van der Waals surface area contributed by atoms with Crippen LogP contribution in [0.3, 0.4) is 0 Å². The lowest BCUT2D eigenvalue weighted by Crippen LogP contribution is -2.74. The van der Waals surface area contributed by atoms with Gasteiger partial charge in [-0.05, 0) is 0 Å². The van der Waals surface area contributed by atoms with Crippen molar-refractivity contribution in [2.45, 2.75) is 19.1 Å². The Kier molecular flexibility index (Phi) is 2.22. The minimum Gasteiger partial charge on any atom is -0.387 e. The van der Waals surface area contributed by atoms with Crippen molar-refractivity contribution in [2.75, 3.05) is 6.61 Å². The van der Waals surface area contributed by atoms with E-state index in [2.05, 4.69) is 5.73 Å². The number of aliphatic hydroxyl groups excluding tert-OH is 1. The molecule has 0 heterocycles. The van der Waals surface area contributed by atoms with E-state index < -0.39 is 5.72 Å². The second-order valence-corrected chi connectivity index (χ2v) is 1.74. The molecular formula is C4H12NO2+. The third-order valence-corrected chi connectivity index (χ3v) is 0.952. The summed E-state index contributed by atoms with van der Waals surface area (Å²) in [6, 6.07) is 0. The van der Waals surface area contributed by atoms with Crippen LogP contribution < -0.4 is 5.73 Å². The molecule has 44 valence electrons. The Hall–Kier alpha value is -0.120. The maximum absolute atomic E-state index is 8.77. The summed E-state index contributed by atoms with van der Waals surface area (Å²) in [5.41, 5.74) is 2.20. The smallest absolute Gasteiger partial charge is 0.219 e. The molecule has 1 unspecified atom stereocenters. The predicted octanol–water partition coefficient (Wildman–Crippen LogP) is -1.68. The van der Waals surface area contributed by atoms with Crippen molar-refractivity contribution in [1.29, 1.82) is 0 Å². The first-order chi connectivity index (χ1) is 3.12. The van der Waals surface area contributed by atoms with Gasteiger partial charge < -0.3 is 15.9 Å². The Labute approximate surface area is 42.8 Å². The van der Waals surface area contributed by atoms with Crippen molar-refractivity contribution >= 4 is 0 Å². The second kappa shape index (κ2) is 2.26. The van der Waals surface area contributed by atoms with Crippen LogP contribution in [0.25, 0.3) is 0 Å². The summed E-state index contributed by atoms with van der Waals surface area (Å²) in [6.45, 7) is 1.51. The van der Waals surface area contributed by atoms with Crippen molar-refractivity contribution in [3.8, 4) is 0 Å². The number of aliphatic hydroxyl groups is 2. The maximum Gasteiger partial charge on any atom is 0.219 e. The van der Waals surface area contributed by atoms with E-state index in [1.165, 1.54) is 0 Å². The molecule has 0 aliphatic rings. The van der Waals surface area contributed by atoms with Gasteiger partial charge in [-0.2, -0.15) is 0 Å². The van der Waals surface area contributed by atoms with Gasteiger partial charge in [0.15, 0.2) is 0 Å². The van der Waals surface area contributed by atoms with Gasteiger partial charge in [0.25, 0.3) is 0 Å². The van der Waals surface area contributed by atoms with E-state index in [1.54, 1.807) is 6.92 Å². The fraction of sp³-hybridized carbons (Fsp3) is 1.00. The molecule has 0 bridgehead atoms. The Morgan fingerprint density at radius 3 is 2.14 bits per heavy atom. The molecule has 1 atom stereocenters. The first kappa shape index (κ1) is 6.88. The molecule has 0 amide bonds. The zero-order valence-corrected chi connectivity index (χ0v) is 4.52. The quantitative estimate of drug-likeness (QED) is 0.368. The molecule has 3 nitrogen and oxygen atoms in total. The van der Waals surface area contributed by atoms with Gasteiger partial charge in [-0.1, -0.05) is 6.92 Å². The van der Waals surface area contributed by atoms with E-state index in [4.69, 9.17) is 10.2 Å². The van der Waals surface area contributed by atoms with Crippen LogP contribution in [0.1, 0.15) is 13.3 Å². The zero-order valence-electron chi connectivity index (χ0n) is 4.52. The standard InChI is InChI=1S/C4H11NO2/c1-2-4(5,7)3-6/h6-7H,2-3,5H2,1H3/p+1. The summed E-state index contributed by atoms with van der Waals surface area (Å²) in [4.78, 5) is 0. The summed E-state index contributed by atoms with van der Waals surface area (Å²) >= 11 is 0. The number of hydrogen-bond acceptors (Lipinski definition) is 2. The maximum atomic E-state index is 8.77. The second-order valence-electron chi connectivity index (χ2n) is 1.74. The van der Waals surface area contributed by atoms with E-state index in [9.17, 15) is 0 Å². The van der Waals surface area contributed by atoms with Crippen LogP contribution in [-0.2, 0) is 0 Å². The van der Waals surface area contributed by atoms with E-state index in [0.717, 1.165) is 0 Å². The van der Waals surface area contributed by atoms with Crippen molar-refractivity contribution in [3.05, 3.63) is 0 Å². The molecule has 0 saturated carbocycles. The van der Waals surface area contributed by atoms with Gasteiger partial charge in [-0.3, -0.25) is 0 Å². The normalized spacial score (nSPS) is 18.9. The minimum atomic E-state index is -1.11. The molecule has 3 heteroatoms. The molecule has 0 rings (SSSR count). The van der Waals surface area contributed by atoms with E-state index >= 15 is 0 Å². The lowest BCUT2D eigenvalue weighted by Gasteiger charge is -2.11. The highest BCUT2D eigenvalue weighted by Gasteiger charge is 2.19. The molecule has 5 N–H and O–H groups in total. The molecule has 0 radical (unpaired) electrons. The Balaban J connectivity index is 3.36. The molecule has 0 aliphatic carbocycles. The zero-order chi connectivity index (χ0) is 5.91. The minimum absolute atomic E-state index is 0.260. The Bertz CT molecular complexity index is 47.7. The molecule has 0 fully saturated rings. The van der Waals surface area contributed by atoms with Gasteiger partial charge in [-0.25, -0.2) is 0 Å². The molecule has 7 heavy (non-hydrogen) atoms. The molecule has 0 aliphatic heterocycles. The van der Waals surface area contributed by atoms with E-state index in [1.807, 2.05) is 0 Å². The van der Waals surface area contributed by atoms with Gasteiger partial charge in [0.1, 0.15) is 6.61 Å². The summed E-state index contributed by atoms with van der Waals surface area (Å²) in [5, 5.41) is 17.1. The van der Waals surface area contributed by atoms with Gasteiger partial charge >= 0.3 is 0 Å². The van der Waals surface area contributed by atoms with Gasteiger partial charge in [0.05, 0.1) is 0 Å². The van der Waals surface area contributed by atoms with E-state index in [0.29, 0.717) is 6.42 Å². The Morgan fingerprint density at radius 2 is 2.14 bits per heavy atom. The summed E-state index contributed by atoms with van der Waals surface area (Å²) in [6.07, 6.45) is 0.490. The highest BCUT2D eigenvalue weighted by molar-refractivity contribution is 4.54. The largest absolute Gasteiger partial charge is 0.387 e. The lowest BCUT2D eigenvalue weighted by atomic mass is 10.2. The van der Waals surface area contributed by atoms with Crippen molar-refractivity contribution < 1.29 is 15.9 Å². The predicted molar refractivity (Wildman–Crippen MR) is 25.2 cm³/mol. The molecule has 0 spiro atoms. The fourth-order valence-corrected chi connectivity index (χ4v) is 0.112. The van der Waals surface area contributed by atoms with E-state index in [-0.39, 0.29) is 6.61 Å². The number of rotatable bonds is 2. The average molecular weight is 106 g/mol. The SMILES string of the molecule is CCC([NH3+])(O)CO. The first-order valence-corrected chi connectivity index (χ1v) is 2.31. The Morgan fingerprint density at radius 1 is 1.71 bits per heavy atom. The van der Waals surface area contributed by atoms with Crippen molar-refractivity contribution in [2.24, 2.45) is 0 Å².